The minimum Gasteiger partial charge on any atom is -0.289 e. The van der Waals surface area contributed by atoms with Crippen molar-refractivity contribution in [3.63, 3.8) is 0 Å². The zero-order valence-electron chi connectivity index (χ0n) is 6.23. The lowest BCUT2D eigenvalue weighted by atomic mass is 10.2. The van der Waals surface area contributed by atoms with Gasteiger partial charge in [-0.2, -0.15) is 0 Å². The van der Waals surface area contributed by atoms with Gasteiger partial charge < -0.3 is 0 Å². The van der Waals surface area contributed by atoms with Crippen LogP contribution in [0.2, 0.25) is 0 Å². The lowest BCUT2D eigenvalue weighted by Crippen LogP contribution is -1.82. The SMILES string of the molecule is O=P(Cl)(Cl)CCCCCCBr. The highest BCUT2D eigenvalue weighted by molar-refractivity contribution is 9.09. The molecular formula is C6H12BrCl2OP. The van der Waals surface area contributed by atoms with Gasteiger partial charge in [0.1, 0.15) is 0 Å². The first-order valence-corrected chi connectivity index (χ1v) is 8.43. The minimum atomic E-state index is -2.78. The number of rotatable bonds is 6. The van der Waals surface area contributed by atoms with Crippen molar-refractivity contribution in [2.75, 3.05) is 11.5 Å². The van der Waals surface area contributed by atoms with Gasteiger partial charge in [0, 0.05) is 11.5 Å². The average Bonchev–Trinajstić information content (AvgIpc) is 1.85. The van der Waals surface area contributed by atoms with Crippen molar-refractivity contribution in [3.8, 4) is 0 Å². The number of hydrogen-bond acceptors (Lipinski definition) is 1. The molecule has 0 bridgehead atoms. The topological polar surface area (TPSA) is 17.1 Å². The maximum atomic E-state index is 10.8. The second-order valence-corrected chi connectivity index (χ2v) is 8.57. The highest BCUT2D eigenvalue weighted by atomic mass is 79.9. The molecule has 0 rings (SSSR count). The normalized spacial score (nSPS) is 11.9. The number of halogens is 3. The first kappa shape index (κ1) is 12.3. The van der Waals surface area contributed by atoms with E-state index in [0.29, 0.717) is 6.16 Å². The quantitative estimate of drug-likeness (QED) is 0.395. The predicted molar refractivity (Wildman–Crippen MR) is 56.4 cm³/mol. The summed E-state index contributed by atoms with van der Waals surface area (Å²) in [6.45, 7) is 0. The van der Waals surface area contributed by atoms with Gasteiger partial charge in [-0.1, -0.05) is 28.8 Å². The van der Waals surface area contributed by atoms with E-state index >= 15 is 0 Å². The molecule has 68 valence electrons. The van der Waals surface area contributed by atoms with Gasteiger partial charge in [0.2, 0.25) is 0 Å². The molecule has 1 nitrogen and oxygen atoms in total. The Labute approximate surface area is 85.9 Å². The molecule has 0 aromatic carbocycles. The molecule has 0 atom stereocenters. The first-order valence-electron chi connectivity index (χ1n) is 3.60. The fourth-order valence-electron chi connectivity index (χ4n) is 0.744. The summed E-state index contributed by atoms with van der Waals surface area (Å²) in [7, 11) is 0. The molecule has 0 aliphatic heterocycles. The van der Waals surface area contributed by atoms with E-state index in [-0.39, 0.29) is 0 Å². The highest BCUT2D eigenvalue weighted by Crippen LogP contribution is 2.57. The van der Waals surface area contributed by atoms with Gasteiger partial charge >= 0.3 is 0 Å². The molecule has 0 radical (unpaired) electrons. The monoisotopic (exact) mass is 280 g/mol. The second kappa shape index (κ2) is 6.77. The third kappa shape index (κ3) is 11.3. The van der Waals surface area contributed by atoms with Crippen LogP contribution in [0.15, 0.2) is 0 Å². The molecule has 0 spiro atoms. The molecule has 0 aliphatic rings. The van der Waals surface area contributed by atoms with Crippen molar-refractivity contribution in [3.05, 3.63) is 0 Å². The van der Waals surface area contributed by atoms with Crippen LogP contribution in [0, 0.1) is 0 Å². The van der Waals surface area contributed by atoms with Crippen molar-refractivity contribution in [2.24, 2.45) is 0 Å². The summed E-state index contributed by atoms with van der Waals surface area (Å²) in [6, 6.07) is 0. The summed E-state index contributed by atoms with van der Waals surface area (Å²) in [5.41, 5.74) is 0. The molecule has 5 heteroatoms. The molecular weight excluding hydrogens is 270 g/mol. The fraction of sp³-hybridized carbons (Fsp3) is 1.00. The second-order valence-electron chi connectivity index (χ2n) is 2.40. The van der Waals surface area contributed by atoms with Crippen LogP contribution in [-0.2, 0) is 4.57 Å². The standard InChI is InChI=1S/C6H12BrCl2OP/c7-5-3-1-2-4-6-11(8,9)10/h1-6H2. The van der Waals surface area contributed by atoms with Crippen LogP contribution in [0.5, 0.6) is 0 Å². The summed E-state index contributed by atoms with van der Waals surface area (Å²) in [6.07, 6.45) is 4.71. The van der Waals surface area contributed by atoms with E-state index in [2.05, 4.69) is 15.9 Å². The van der Waals surface area contributed by atoms with E-state index in [9.17, 15) is 4.57 Å². The first-order chi connectivity index (χ1) is 5.06. The molecule has 0 saturated carbocycles. The molecule has 0 saturated heterocycles. The van der Waals surface area contributed by atoms with E-state index in [4.69, 9.17) is 22.5 Å². The van der Waals surface area contributed by atoms with Crippen LogP contribution in [0.25, 0.3) is 0 Å². The van der Waals surface area contributed by atoms with E-state index in [0.717, 1.165) is 31.0 Å². The highest BCUT2D eigenvalue weighted by Gasteiger charge is 2.11. The maximum Gasteiger partial charge on any atom is 0.253 e. The molecule has 0 unspecified atom stereocenters. The number of hydrogen-bond donors (Lipinski definition) is 0. The molecule has 0 aliphatic carbocycles. The summed E-state index contributed by atoms with van der Waals surface area (Å²) < 4.78 is 10.8. The van der Waals surface area contributed by atoms with Gasteiger partial charge in [-0.05, 0) is 35.3 Å². The van der Waals surface area contributed by atoms with E-state index in [1.165, 1.54) is 0 Å². The Balaban J connectivity index is 3.09. The smallest absolute Gasteiger partial charge is 0.253 e. The Hall–Kier alpha value is 1.29. The third-order valence-corrected chi connectivity index (χ3v) is 3.71. The molecule has 0 heterocycles. The van der Waals surface area contributed by atoms with Crippen LogP contribution in [-0.4, -0.2) is 11.5 Å². The molecule has 0 N–H and O–H groups in total. The fourth-order valence-corrected chi connectivity index (χ4v) is 2.45. The third-order valence-electron chi connectivity index (χ3n) is 1.30. The van der Waals surface area contributed by atoms with E-state index in [1.54, 1.807) is 0 Å². The molecule has 0 amide bonds. The van der Waals surface area contributed by atoms with E-state index < -0.39 is 5.85 Å². The van der Waals surface area contributed by atoms with Gasteiger partial charge in [-0.15, -0.1) is 0 Å². The van der Waals surface area contributed by atoms with Crippen molar-refractivity contribution < 1.29 is 4.57 Å². The zero-order valence-corrected chi connectivity index (χ0v) is 10.2. The van der Waals surface area contributed by atoms with Crippen LogP contribution in [0.1, 0.15) is 25.7 Å². The summed E-state index contributed by atoms with van der Waals surface area (Å²) in [5.74, 6) is -2.78. The van der Waals surface area contributed by atoms with E-state index in [1.807, 2.05) is 0 Å². The van der Waals surface area contributed by atoms with Crippen LogP contribution >= 0.6 is 44.3 Å². The molecule has 11 heavy (non-hydrogen) atoms. The lowest BCUT2D eigenvalue weighted by molar-refractivity contribution is 0.589. The number of alkyl halides is 1. The van der Waals surface area contributed by atoms with Gasteiger partial charge in [0.15, 0.2) is 0 Å². The Morgan fingerprint density at radius 2 is 1.64 bits per heavy atom. The van der Waals surface area contributed by atoms with Crippen molar-refractivity contribution in [2.45, 2.75) is 25.7 Å². The van der Waals surface area contributed by atoms with Crippen LogP contribution in [0.4, 0.5) is 0 Å². The zero-order chi connectivity index (χ0) is 8.74. The summed E-state index contributed by atoms with van der Waals surface area (Å²) in [4.78, 5) is 0. The Morgan fingerprint density at radius 3 is 2.09 bits per heavy atom. The molecule has 0 fully saturated rings. The van der Waals surface area contributed by atoms with Gasteiger partial charge in [0.05, 0.1) is 0 Å². The average molecular weight is 282 g/mol. The van der Waals surface area contributed by atoms with Crippen LogP contribution < -0.4 is 0 Å². The van der Waals surface area contributed by atoms with Crippen LogP contribution in [0.3, 0.4) is 0 Å². The van der Waals surface area contributed by atoms with Gasteiger partial charge in [-0.3, -0.25) is 4.57 Å². The van der Waals surface area contributed by atoms with Crippen molar-refractivity contribution in [1.29, 1.82) is 0 Å². The minimum absolute atomic E-state index is 0.457. The summed E-state index contributed by atoms with van der Waals surface area (Å²) >= 11 is 14.0. The largest absolute Gasteiger partial charge is 0.289 e. The lowest BCUT2D eigenvalue weighted by Gasteiger charge is -2.00. The van der Waals surface area contributed by atoms with Crippen molar-refractivity contribution in [1.82, 2.24) is 0 Å². The Morgan fingerprint density at radius 1 is 1.09 bits per heavy atom. The summed E-state index contributed by atoms with van der Waals surface area (Å²) in [5, 5.41) is 1.03. The predicted octanol–water partition coefficient (Wildman–Crippen LogP) is 4.61. The molecule has 0 aromatic rings. The van der Waals surface area contributed by atoms with Gasteiger partial charge in [-0.25, -0.2) is 0 Å². The Kier molecular flexibility index (Phi) is 7.56. The van der Waals surface area contributed by atoms with Gasteiger partial charge in [0.25, 0.3) is 5.85 Å². The number of unbranched alkanes of at least 4 members (excludes halogenated alkanes) is 3. The Bertz CT molecular complexity index is 137. The maximum absolute atomic E-state index is 10.8. The van der Waals surface area contributed by atoms with Crippen molar-refractivity contribution >= 4 is 44.3 Å². The molecule has 0 aromatic heterocycles.